The molecular formula is C19H20N2O2. The number of amides is 2. The molecule has 2 N–H and O–H groups in total. The van der Waals surface area contributed by atoms with Gasteiger partial charge in [-0.25, -0.2) is 0 Å². The van der Waals surface area contributed by atoms with Crippen molar-refractivity contribution in [3.8, 4) is 11.1 Å². The normalized spacial score (nSPS) is 11.4. The summed E-state index contributed by atoms with van der Waals surface area (Å²) in [7, 11) is 0. The van der Waals surface area contributed by atoms with Gasteiger partial charge in [-0.1, -0.05) is 43.0 Å². The molecule has 1 atom stereocenters. The Bertz CT molecular complexity index is 720. The van der Waals surface area contributed by atoms with E-state index in [9.17, 15) is 9.59 Å². The van der Waals surface area contributed by atoms with Gasteiger partial charge in [0, 0.05) is 12.6 Å². The molecule has 0 unspecified atom stereocenters. The fourth-order valence-electron chi connectivity index (χ4n) is 2.30. The van der Waals surface area contributed by atoms with E-state index in [1.165, 1.54) is 13.0 Å². The molecule has 118 valence electrons. The average Bonchev–Trinajstić information content (AvgIpc) is 2.54. The summed E-state index contributed by atoms with van der Waals surface area (Å²) < 4.78 is 0. The average molecular weight is 308 g/mol. The number of carbonyl (C=O) groups excluding carboxylic acids is 2. The smallest absolute Gasteiger partial charge is 0.243 e. The maximum absolute atomic E-state index is 11.3. The van der Waals surface area contributed by atoms with Crippen LogP contribution in [0.1, 0.15) is 25.5 Å². The maximum Gasteiger partial charge on any atom is 0.243 e. The van der Waals surface area contributed by atoms with E-state index in [2.05, 4.69) is 17.2 Å². The lowest BCUT2D eigenvalue weighted by Crippen LogP contribution is -2.24. The van der Waals surface area contributed by atoms with Gasteiger partial charge in [-0.3, -0.25) is 9.59 Å². The van der Waals surface area contributed by atoms with E-state index in [4.69, 9.17) is 0 Å². The molecule has 0 fully saturated rings. The van der Waals surface area contributed by atoms with Gasteiger partial charge in [-0.2, -0.15) is 0 Å². The molecule has 0 spiro atoms. The van der Waals surface area contributed by atoms with E-state index in [0.717, 1.165) is 22.4 Å². The monoisotopic (exact) mass is 308 g/mol. The summed E-state index contributed by atoms with van der Waals surface area (Å²) in [4.78, 5) is 22.5. The molecule has 0 aliphatic heterocycles. The van der Waals surface area contributed by atoms with Gasteiger partial charge in [0.1, 0.15) is 0 Å². The van der Waals surface area contributed by atoms with Crippen LogP contribution in [0.3, 0.4) is 0 Å². The highest BCUT2D eigenvalue weighted by Crippen LogP contribution is 2.24. The molecule has 0 aliphatic carbocycles. The molecular weight excluding hydrogens is 288 g/mol. The lowest BCUT2D eigenvalue weighted by atomic mass is 10.0. The Morgan fingerprint density at radius 1 is 1.09 bits per heavy atom. The van der Waals surface area contributed by atoms with Crippen LogP contribution in [-0.2, 0) is 9.59 Å². The summed E-state index contributed by atoms with van der Waals surface area (Å²) in [5.74, 6) is -0.283. The summed E-state index contributed by atoms with van der Waals surface area (Å²) in [5.41, 5.74) is 3.85. The van der Waals surface area contributed by atoms with Gasteiger partial charge >= 0.3 is 0 Å². The first-order valence-corrected chi connectivity index (χ1v) is 7.40. The van der Waals surface area contributed by atoms with Crippen molar-refractivity contribution in [3.05, 3.63) is 66.7 Å². The molecule has 0 radical (unpaired) electrons. The van der Waals surface area contributed by atoms with Crippen LogP contribution in [0, 0.1) is 0 Å². The third-order valence-electron chi connectivity index (χ3n) is 3.47. The summed E-state index contributed by atoms with van der Waals surface area (Å²) >= 11 is 0. The zero-order valence-electron chi connectivity index (χ0n) is 13.3. The van der Waals surface area contributed by atoms with Crippen LogP contribution in [0.5, 0.6) is 0 Å². The molecule has 2 amide bonds. The summed E-state index contributed by atoms with van der Waals surface area (Å²) in [6.07, 6.45) is 1.26. The summed E-state index contributed by atoms with van der Waals surface area (Å²) in [5, 5.41) is 5.61. The van der Waals surface area contributed by atoms with Crippen molar-refractivity contribution in [2.45, 2.75) is 19.9 Å². The van der Waals surface area contributed by atoms with Gasteiger partial charge in [0.05, 0.1) is 6.04 Å². The Kier molecular flexibility index (Phi) is 5.31. The molecule has 2 rings (SSSR count). The minimum absolute atomic E-state index is 0.0831. The molecule has 0 bridgehead atoms. The molecule has 4 heteroatoms. The van der Waals surface area contributed by atoms with Crippen LogP contribution in [0.4, 0.5) is 5.69 Å². The van der Waals surface area contributed by atoms with Crippen molar-refractivity contribution in [2.24, 2.45) is 0 Å². The molecule has 2 aromatic rings. The molecule has 4 nitrogen and oxygen atoms in total. The van der Waals surface area contributed by atoms with Crippen molar-refractivity contribution < 1.29 is 9.59 Å². The number of hydrogen-bond acceptors (Lipinski definition) is 2. The molecule has 0 saturated carbocycles. The first kappa shape index (κ1) is 16.5. The van der Waals surface area contributed by atoms with Crippen molar-refractivity contribution >= 4 is 17.5 Å². The maximum atomic E-state index is 11.3. The Balaban J connectivity index is 2.17. The van der Waals surface area contributed by atoms with Crippen molar-refractivity contribution in [1.82, 2.24) is 5.32 Å². The Morgan fingerprint density at radius 3 is 2.39 bits per heavy atom. The minimum atomic E-state index is -0.190. The van der Waals surface area contributed by atoms with Gasteiger partial charge in [-0.05, 0) is 41.8 Å². The van der Waals surface area contributed by atoms with E-state index in [1.807, 2.05) is 55.5 Å². The predicted molar refractivity (Wildman–Crippen MR) is 92.9 cm³/mol. The highest BCUT2D eigenvalue weighted by Gasteiger charge is 2.08. The quantitative estimate of drug-likeness (QED) is 0.828. The molecule has 23 heavy (non-hydrogen) atoms. The minimum Gasteiger partial charge on any atom is -0.346 e. The van der Waals surface area contributed by atoms with Crippen molar-refractivity contribution in [1.29, 1.82) is 0 Å². The van der Waals surface area contributed by atoms with Crippen LogP contribution in [0.15, 0.2) is 61.2 Å². The Morgan fingerprint density at radius 2 is 1.78 bits per heavy atom. The first-order valence-electron chi connectivity index (χ1n) is 7.40. The van der Waals surface area contributed by atoms with E-state index in [-0.39, 0.29) is 17.9 Å². The van der Waals surface area contributed by atoms with Crippen LogP contribution < -0.4 is 10.6 Å². The van der Waals surface area contributed by atoms with Gasteiger partial charge in [-0.15, -0.1) is 0 Å². The largest absolute Gasteiger partial charge is 0.346 e. The molecule has 2 aromatic carbocycles. The second-order valence-corrected chi connectivity index (χ2v) is 5.32. The van der Waals surface area contributed by atoms with E-state index in [0.29, 0.717) is 0 Å². The van der Waals surface area contributed by atoms with Gasteiger partial charge in [0.25, 0.3) is 0 Å². The first-order chi connectivity index (χ1) is 11.0. The fraction of sp³-hybridized carbons (Fsp3) is 0.158. The zero-order chi connectivity index (χ0) is 16.8. The second-order valence-electron chi connectivity index (χ2n) is 5.32. The molecule has 0 saturated heterocycles. The highest BCUT2D eigenvalue weighted by atomic mass is 16.2. The van der Waals surface area contributed by atoms with Crippen LogP contribution in [-0.4, -0.2) is 11.8 Å². The molecule has 0 aromatic heterocycles. The van der Waals surface area contributed by atoms with Crippen LogP contribution >= 0.6 is 0 Å². The zero-order valence-corrected chi connectivity index (χ0v) is 13.3. The van der Waals surface area contributed by atoms with E-state index >= 15 is 0 Å². The number of hydrogen-bond donors (Lipinski definition) is 2. The lowest BCUT2D eigenvalue weighted by Gasteiger charge is -2.14. The third-order valence-corrected chi connectivity index (χ3v) is 3.47. The summed E-state index contributed by atoms with van der Waals surface area (Å²) in [6, 6.07) is 15.6. The molecule has 0 aliphatic rings. The summed E-state index contributed by atoms with van der Waals surface area (Å²) in [6.45, 7) is 6.86. The van der Waals surface area contributed by atoms with Crippen molar-refractivity contribution in [2.75, 3.05) is 5.32 Å². The fourth-order valence-corrected chi connectivity index (χ4v) is 2.30. The van der Waals surface area contributed by atoms with E-state index in [1.54, 1.807) is 0 Å². The number of anilines is 1. The van der Waals surface area contributed by atoms with Gasteiger partial charge < -0.3 is 10.6 Å². The van der Waals surface area contributed by atoms with Gasteiger partial charge in [0.15, 0.2) is 0 Å². The number of nitrogens with one attached hydrogen (secondary N) is 2. The third kappa shape index (κ3) is 4.54. The topological polar surface area (TPSA) is 58.2 Å². The van der Waals surface area contributed by atoms with E-state index < -0.39 is 0 Å². The highest BCUT2D eigenvalue weighted by molar-refractivity contribution is 5.89. The predicted octanol–water partition coefficient (Wildman–Crippen LogP) is 3.68. The van der Waals surface area contributed by atoms with Crippen LogP contribution in [0.2, 0.25) is 0 Å². The number of rotatable bonds is 5. The lowest BCUT2D eigenvalue weighted by molar-refractivity contribution is -0.117. The van der Waals surface area contributed by atoms with Crippen molar-refractivity contribution in [3.63, 3.8) is 0 Å². The van der Waals surface area contributed by atoms with Gasteiger partial charge in [0.2, 0.25) is 11.8 Å². The number of benzene rings is 2. The number of carbonyl (C=O) groups is 2. The SMILES string of the molecule is C=CC(=O)N[C@H](C)c1ccc(-c2cccc(NC(C)=O)c2)cc1. The Labute approximate surface area is 136 Å². The standard InChI is InChI=1S/C19H20N2O2/c1-4-19(23)20-13(2)15-8-10-16(11-9-15)17-6-5-7-18(12-17)21-14(3)22/h4-13H,1H2,2-3H3,(H,20,23)(H,21,22)/t13-/m1/s1. The Hall–Kier alpha value is -2.88. The second kappa shape index (κ2) is 7.40. The van der Waals surface area contributed by atoms with Crippen LogP contribution in [0.25, 0.3) is 11.1 Å². The molecule has 0 heterocycles.